The number of aryl methyl sites for hydroxylation is 1. The second kappa shape index (κ2) is 5.34. The molecule has 1 aromatic heterocycles. The Bertz CT molecular complexity index is 383. The summed E-state index contributed by atoms with van der Waals surface area (Å²) in [6.07, 6.45) is -0.172. The van der Waals surface area contributed by atoms with Gasteiger partial charge in [-0.1, -0.05) is 0 Å². The zero-order valence-corrected chi connectivity index (χ0v) is 9.32. The lowest BCUT2D eigenvalue weighted by atomic mass is 10.2. The quantitative estimate of drug-likeness (QED) is 0.798. The molecule has 1 atom stereocenters. The lowest BCUT2D eigenvalue weighted by molar-refractivity contribution is -0.138. The molecule has 1 aromatic rings. The first kappa shape index (κ1) is 12.3. The van der Waals surface area contributed by atoms with Gasteiger partial charge in [0.2, 0.25) is 5.91 Å². The highest BCUT2D eigenvalue weighted by molar-refractivity contribution is 5.80. The van der Waals surface area contributed by atoms with Crippen LogP contribution in [0.5, 0.6) is 0 Å². The van der Waals surface area contributed by atoms with Gasteiger partial charge in [0, 0.05) is 6.42 Å². The van der Waals surface area contributed by atoms with Gasteiger partial charge in [-0.25, -0.2) is 0 Å². The van der Waals surface area contributed by atoms with Crippen LogP contribution in [0.4, 0.5) is 0 Å². The Morgan fingerprint density at radius 1 is 1.44 bits per heavy atom. The van der Waals surface area contributed by atoms with Crippen LogP contribution in [0, 0.1) is 6.92 Å². The maximum Gasteiger partial charge on any atom is 0.303 e. The van der Waals surface area contributed by atoms with Gasteiger partial charge in [0.05, 0.1) is 12.5 Å². The monoisotopic (exact) mass is 225 g/mol. The van der Waals surface area contributed by atoms with Crippen LogP contribution < -0.4 is 5.32 Å². The Kier molecular flexibility index (Phi) is 4.10. The van der Waals surface area contributed by atoms with Crippen molar-refractivity contribution in [3.05, 3.63) is 23.7 Å². The molecule has 0 radical (unpaired) electrons. The van der Waals surface area contributed by atoms with Gasteiger partial charge < -0.3 is 14.8 Å². The summed E-state index contributed by atoms with van der Waals surface area (Å²) in [6, 6.07) is 3.36. The number of carbonyl (C=O) groups excluding carboxylic acids is 1. The summed E-state index contributed by atoms with van der Waals surface area (Å²) in [5, 5.41) is 11.1. The van der Waals surface area contributed by atoms with Crippen LogP contribution in [0.3, 0.4) is 0 Å². The maximum absolute atomic E-state index is 11.3. The van der Waals surface area contributed by atoms with Gasteiger partial charge in [-0.3, -0.25) is 9.59 Å². The zero-order chi connectivity index (χ0) is 12.1. The van der Waals surface area contributed by atoms with Crippen molar-refractivity contribution >= 4 is 11.9 Å². The topological polar surface area (TPSA) is 79.5 Å². The predicted octanol–water partition coefficient (Wildman–Crippen LogP) is 1.63. The minimum absolute atomic E-state index is 0.0145. The number of nitrogens with one attached hydrogen (secondary N) is 1. The summed E-state index contributed by atoms with van der Waals surface area (Å²) in [5.41, 5.74) is 0. The Hall–Kier alpha value is -1.78. The lowest BCUT2D eigenvalue weighted by Crippen LogP contribution is -2.26. The minimum Gasteiger partial charge on any atom is -0.481 e. The third-order valence-electron chi connectivity index (χ3n) is 2.13. The van der Waals surface area contributed by atoms with E-state index in [0.29, 0.717) is 5.76 Å². The molecule has 0 aromatic carbocycles. The van der Waals surface area contributed by atoms with Crippen molar-refractivity contribution in [1.82, 2.24) is 5.32 Å². The van der Waals surface area contributed by atoms with Gasteiger partial charge in [0.15, 0.2) is 0 Å². The van der Waals surface area contributed by atoms with Crippen LogP contribution in [0.15, 0.2) is 16.5 Å². The number of furan rings is 1. The van der Waals surface area contributed by atoms with Crippen molar-refractivity contribution in [2.45, 2.75) is 32.7 Å². The van der Waals surface area contributed by atoms with Crippen LogP contribution in [0.25, 0.3) is 0 Å². The molecule has 1 amide bonds. The van der Waals surface area contributed by atoms with E-state index in [1.165, 1.54) is 0 Å². The van der Waals surface area contributed by atoms with Crippen LogP contribution in [0.1, 0.15) is 37.3 Å². The van der Waals surface area contributed by atoms with Crippen LogP contribution >= 0.6 is 0 Å². The number of carboxylic acid groups (broad SMARTS) is 1. The van der Waals surface area contributed by atoms with E-state index in [1.807, 2.05) is 13.0 Å². The fourth-order valence-corrected chi connectivity index (χ4v) is 1.29. The van der Waals surface area contributed by atoms with E-state index in [-0.39, 0.29) is 24.8 Å². The zero-order valence-electron chi connectivity index (χ0n) is 9.32. The van der Waals surface area contributed by atoms with Gasteiger partial charge in [-0.15, -0.1) is 0 Å². The standard InChI is InChI=1S/C11H15NO4/c1-7-3-4-9(16-7)8(2)12-10(13)5-6-11(14)15/h3-4,8H,5-6H2,1-2H3,(H,12,13)(H,14,15). The highest BCUT2D eigenvalue weighted by Gasteiger charge is 2.13. The second-order valence-electron chi connectivity index (χ2n) is 3.63. The van der Waals surface area contributed by atoms with Crippen LogP contribution in [-0.4, -0.2) is 17.0 Å². The third-order valence-corrected chi connectivity index (χ3v) is 2.13. The van der Waals surface area contributed by atoms with Gasteiger partial charge in [0.25, 0.3) is 0 Å². The average molecular weight is 225 g/mol. The summed E-state index contributed by atoms with van der Waals surface area (Å²) in [7, 11) is 0. The average Bonchev–Trinajstić information content (AvgIpc) is 2.62. The highest BCUT2D eigenvalue weighted by atomic mass is 16.4. The Morgan fingerprint density at radius 2 is 2.12 bits per heavy atom. The molecule has 2 N–H and O–H groups in total. The number of amides is 1. The van der Waals surface area contributed by atoms with Gasteiger partial charge in [-0.2, -0.15) is 0 Å². The molecule has 0 aliphatic heterocycles. The van der Waals surface area contributed by atoms with Crippen molar-refractivity contribution in [1.29, 1.82) is 0 Å². The predicted molar refractivity (Wildman–Crippen MR) is 56.9 cm³/mol. The van der Waals surface area contributed by atoms with Crippen molar-refractivity contribution in [2.24, 2.45) is 0 Å². The molecule has 0 fully saturated rings. The maximum atomic E-state index is 11.3. The van der Waals surface area contributed by atoms with E-state index in [2.05, 4.69) is 5.32 Å². The number of hydrogen-bond donors (Lipinski definition) is 2. The molecular formula is C11H15NO4. The fourth-order valence-electron chi connectivity index (χ4n) is 1.29. The van der Waals surface area contributed by atoms with Crippen LogP contribution in [0.2, 0.25) is 0 Å². The summed E-state index contributed by atoms with van der Waals surface area (Å²) in [5.74, 6) is 0.184. The molecule has 5 nitrogen and oxygen atoms in total. The minimum atomic E-state index is -0.975. The molecule has 1 heterocycles. The number of carboxylic acids is 1. The van der Waals surface area contributed by atoms with Crippen molar-refractivity contribution in [3.8, 4) is 0 Å². The number of aliphatic carboxylic acids is 1. The molecule has 16 heavy (non-hydrogen) atoms. The Labute approximate surface area is 93.4 Å². The van der Waals surface area contributed by atoms with E-state index in [4.69, 9.17) is 9.52 Å². The molecule has 0 aliphatic carbocycles. The Morgan fingerprint density at radius 3 is 2.62 bits per heavy atom. The van der Waals surface area contributed by atoms with E-state index in [0.717, 1.165) is 5.76 Å². The van der Waals surface area contributed by atoms with E-state index in [9.17, 15) is 9.59 Å². The number of rotatable bonds is 5. The van der Waals surface area contributed by atoms with Gasteiger partial charge in [-0.05, 0) is 26.0 Å². The fraction of sp³-hybridized carbons (Fsp3) is 0.455. The summed E-state index contributed by atoms with van der Waals surface area (Å²) < 4.78 is 5.34. The van der Waals surface area contributed by atoms with Crippen molar-refractivity contribution in [2.75, 3.05) is 0 Å². The molecule has 5 heteroatoms. The molecule has 0 aliphatic rings. The van der Waals surface area contributed by atoms with E-state index >= 15 is 0 Å². The molecule has 88 valence electrons. The molecular weight excluding hydrogens is 210 g/mol. The molecule has 0 spiro atoms. The van der Waals surface area contributed by atoms with E-state index < -0.39 is 5.97 Å². The SMILES string of the molecule is Cc1ccc(C(C)NC(=O)CCC(=O)O)o1. The molecule has 1 rings (SSSR count). The normalized spacial score (nSPS) is 12.1. The first-order valence-electron chi connectivity index (χ1n) is 5.06. The smallest absolute Gasteiger partial charge is 0.303 e. The van der Waals surface area contributed by atoms with Gasteiger partial charge in [0.1, 0.15) is 11.5 Å². The number of carbonyl (C=O) groups is 2. The van der Waals surface area contributed by atoms with Gasteiger partial charge >= 0.3 is 5.97 Å². The first-order valence-corrected chi connectivity index (χ1v) is 5.06. The molecule has 1 unspecified atom stereocenters. The third kappa shape index (κ3) is 3.76. The molecule has 0 bridgehead atoms. The van der Waals surface area contributed by atoms with Crippen molar-refractivity contribution in [3.63, 3.8) is 0 Å². The van der Waals surface area contributed by atoms with E-state index in [1.54, 1.807) is 13.0 Å². The molecule has 0 saturated carbocycles. The summed E-state index contributed by atoms with van der Waals surface area (Å²) in [6.45, 7) is 3.61. The van der Waals surface area contributed by atoms with Crippen LogP contribution in [-0.2, 0) is 9.59 Å². The lowest BCUT2D eigenvalue weighted by Gasteiger charge is -2.10. The second-order valence-corrected chi connectivity index (χ2v) is 3.63. The summed E-state index contributed by atoms with van der Waals surface area (Å²) >= 11 is 0. The largest absolute Gasteiger partial charge is 0.481 e. The molecule has 0 saturated heterocycles. The Balaban J connectivity index is 2.42. The van der Waals surface area contributed by atoms with Crippen molar-refractivity contribution < 1.29 is 19.1 Å². The first-order chi connectivity index (χ1) is 7.49. The highest BCUT2D eigenvalue weighted by Crippen LogP contribution is 2.15. The number of hydrogen-bond acceptors (Lipinski definition) is 3. The summed E-state index contributed by atoms with van der Waals surface area (Å²) in [4.78, 5) is 21.6.